The van der Waals surface area contributed by atoms with Crippen LogP contribution in [0.15, 0.2) is 59.2 Å². The lowest BCUT2D eigenvalue weighted by Crippen LogP contribution is -2.30. The van der Waals surface area contributed by atoms with Crippen molar-refractivity contribution < 1.29 is 4.79 Å². The van der Waals surface area contributed by atoms with Crippen LogP contribution in [0.25, 0.3) is 6.08 Å². The lowest BCUT2D eigenvalue weighted by Gasteiger charge is -2.18. The number of carbonyl (C=O) groups excluding carboxylic acids is 1. The second kappa shape index (κ2) is 8.78. The summed E-state index contributed by atoms with van der Waals surface area (Å²) >= 11 is 1.64. The summed E-state index contributed by atoms with van der Waals surface area (Å²) < 4.78 is 0. The van der Waals surface area contributed by atoms with Gasteiger partial charge in [0.25, 0.3) is 5.91 Å². The third-order valence-electron chi connectivity index (χ3n) is 4.57. The molecule has 3 nitrogen and oxygen atoms in total. The number of amides is 1. The predicted octanol–water partition coefficient (Wildman–Crippen LogP) is 6.25. The van der Waals surface area contributed by atoms with E-state index in [1.807, 2.05) is 37.3 Å². The number of amidine groups is 1. The molecule has 0 aliphatic carbocycles. The molecule has 4 heteroatoms. The molecule has 28 heavy (non-hydrogen) atoms. The predicted molar refractivity (Wildman–Crippen MR) is 122 cm³/mol. The molecule has 3 rings (SSSR count). The van der Waals surface area contributed by atoms with Crippen LogP contribution in [0.1, 0.15) is 50.3 Å². The molecule has 0 bridgehead atoms. The standard InChI is InChI=1S/C24H28N2OS/c1-16(2)15-28-24-25-22(14-19-8-10-20(11-9-19)17(3)4)23(27)26(24)21-12-6-18(5)7-13-21/h6-14,16-17H,15H2,1-5H3. The number of aryl methyl sites for hydroxylation is 1. The van der Waals surface area contributed by atoms with Crippen LogP contribution in [-0.4, -0.2) is 16.8 Å². The second-order valence-corrected chi connectivity index (χ2v) is 8.91. The SMILES string of the molecule is Cc1ccc(N2C(=O)C(=Cc3ccc(C(C)C)cc3)N=C2SCC(C)C)cc1. The maximum absolute atomic E-state index is 13.2. The maximum Gasteiger partial charge on any atom is 0.283 e. The molecule has 0 unspecified atom stereocenters. The fourth-order valence-electron chi connectivity index (χ4n) is 2.89. The van der Waals surface area contributed by atoms with E-state index in [0.29, 0.717) is 17.5 Å². The molecule has 0 aromatic heterocycles. The van der Waals surface area contributed by atoms with Gasteiger partial charge in [-0.2, -0.15) is 0 Å². The Hall–Kier alpha value is -2.33. The molecule has 0 atom stereocenters. The lowest BCUT2D eigenvalue weighted by molar-refractivity contribution is -0.113. The molecule has 0 saturated heterocycles. The summed E-state index contributed by atoms with van der Waals surface area (Å²) in [4.78, 5) is 19.6. The molecule has 1 aliphatic rings. The van der Waals surface area contributed by atoms with Crippen molar-refractivity contribution in [1.29, 1.82) is 0 Å². The highest BCUT2D eigenvalue weighted by atomic mass is 32.2. The number of thioether (sulfide) groups is 1. The normalized spacial score (nSPS) is 15.8. The first kappa shape index (κ1) is 20.4. The van der Waals surface area contributed by atoms with Crippen LogP contribution < -0.4 is 4.90 Å². The topological polar surface area (TPSA) is 32.7 Å². The third-order valence-corrected chi connectivity index (χ3v) is 5.94. The molecule has 0 radical (unpaired) electrons. The molecule has 0 fully saturated rings. The van der Waals surface area contributed by atoms with Gasteiger partial charge in [-0.25, -0.2) is 4.99 Å². The molecular formula is C24H28N2OS. The summed E-state index contributed by atoms with van der Waals surface area (Å²) in [6.45, 7) is 10.7. The molecule has 0 spiro atoms. The number of rotatable bonds is 5. The van der Waals surface area contributed by atoms with E-state index in [1.54, 1.807) is 16.7 Å². The van der Waals surface area contributed by atoms with Gasteiger partial charge in [0.2, 0.25) is 0 Å². The molecule has 0 N–H and O–H groups in total. The van der Waals surface area contributed by atoms with Gasteiger partial charge in [-0.05, 0) is 48.1 Å². The van der Waals surface area contributed by atoms with E-state index in [1.165, 1.54) is 11.1 Å². The van der Waals surface area contributed by atoms with Crippen molar-refractivity contribution in [3.05, 3.63) is 70.9 Å². The largest absolute Gasteiger partial charge is 0.283 e. The van der Waals surface area contributed by atoms with Gasteiger partial charge in [-0.1, -0.05) is 81.4 Å². The van der Waals surface area contributed by atoms with Crippen molar-refractivity contribution in [3.63, 3.8) is 0 Å². The van der Waals surface area contributed by atoms with Gasteiger partial charge in [0.15, 0.2) is 5.17 Å². The van der Waals surface area contributed by atoms with Crippen LogP contribution in [0.4, 0.5) is 5.69 Å². The van der Waals surface area contributed by atoms with Gasteiger partial charge in [0.05, 0.1) is 5.69 Å². The van der Waals surface area contributed by atoms with Crippen molar-refractivity contribution in [1.82, 2.24) is 0 Å². The Balaban J connectivity index is 1.92. The number of hydrogen-bond donors (Lipinski definition) is 0. The summed E-state index contributed by atoms with van der Waals surface area (Å²) in [7, 11) is 0. The van der Waals surface area contributed by atoms with Crippen LogP contribution in [0, 0.1) is 12.8 Å². The Morgan fingerprint density at radius 2 is 1.64 bits per heavy atom. The lowest BCUT2D eigenvalue weighted by atomic mass is 10.0. The molecule has 2 aromatic rings. The fraction of sp³-hybridized carbons (Fsp3) is 0.333. The Bertz CT molecular complexity index is 893. The quantitative estimate of drug-likeness (QED) is 0.563. The highest BCUT2D eigenvalue weighted by molar-refractivity contribution is 8.14. The van der Waals surface area contributed by atoms with Crippen LogP contribution in [0.2, 0.25) is 0 Å². The Kier molecular flexibility index (Phi) is 6.40. The summed E-state index contributed by atoms with van der Waals surface area (Å²) in [5.41, 5.74) is 4.81. The van der Waals surface area contributed by atoms with Gasteiger partial charge in [0.1, 0.15) is 5.70 Å². The van der Waals surface area contributed by atoms with Crippen LogP contribution in [0.5, 0.6) is 0 Å². The zero-order chi connectivity index (χ0) is 20.3. The maximum atomic E-state index is 13.2. The molecule has 2 aromatic carbocycles. The number of aliphatic imine (C=N–C) groups is 1. The van der Waals surface area contributed by atoms with Gasteiger partial charge in [-0.15, -0.1) is 0 Å². The van der Waals surface area contributed by atoms with E-state index in [9.17, 15) is 4.79 Å². The number of nitrogens with zero attached hydrogens (tertiary/aromatic N) is 2. The monoisotopic (exact) mass is 392 g/mol. The summed E-state index contributed by atoms with van der Waals surface area (Å²) in [6.07, 6.45) is 1.89. The molecule has 0 saturated carbocycles. The first-order valence-electron chi connectivity index (χ1n) is 9.79. The number of carbonyl (C=O) groups is 1. The number of benzene rings is 2. The molecule has 1 amide bonds. The van der Waals surface area contributed by atoms with E-state index >= 15 is 0 Å². The number of anilines is 1. The van der Waals surface area contributed by atoms with E-state index in [-0.39, 0.29) is 5.91 Å². The smallest absolute Gasteiger partial charge is 0.266 e. The second-order valence-electron chi connectivity index (χ2n) is 7.93. The van der Waals surface area contributed by atoms with Gasteiger partial charge in [-0.3, -0.25) is 9.69 Å². The van der Waals surface area contributed by atoms with Gasteiger partial charge < -0.3 is 0 Å². The van der Waals surface area contributed by atoms with Crippen molar-refractivity contribution in [2.45, 2.75) is 40.5 Å². The van der Waals surface area contributed by atoms with Crippen molar-refractivity contribution >= 4 is 34.6 Å². The molecule has 1 heterocycles. The minimum atomic E-state index is -0.0666. The van der Waals surface area contributed by atoms with E-state index in [0.717, 1.165) is 22.2 Å². The average Bonchev–Trinajstić information content (AvgIpc) is 2.97. The molecule has 146 valence electrons. The van der Waals surface area contributed by atoms with Crippen molar-refractivity contribution in [2.75, 3.05) is 10.7 Å². The van der Waals surface area contributed by atoms with E-state index in [2.05, 4.69) is 52.0 Å². The van der Waals surface area contributed by atoms with Crippen LogP contribution in [0.3, 0.4) is 0 Å². The fourth-order valence-corrected chi connectivity index (χ4v) is 3.85. The Morgan fingerprint density at radius 1 is 1.00 bits per heavy atom. The molecule has 1 aliphatic heterocycles. The number of hydrogen-bond acceptors (Lipinski definition) is 3. The highest BCUT2D eigenvalue weighted by Crippen LogP contribution is 2.30. The van der Waals surface area contributed by atoms with Crippen molar-refractivity contribution in [2.24, 2.45) is 10.9 Å². The Labute approximate surface area is 172 Å². The van der Waals surface area contributed by atoms with E-state index in [4.69, 9.17) is 4.99 Å². The first-order valence-corrected chi connectivity index (χ1v) is 10.8. The third kappa shape index (κ3) is 4.74. The zero-order valence-corrected chi connectivity index (χ0v) is 18.1. The minimum Gasteiger partial charge on any atom is -0.266 e. The van der Waals surface area contributed by atoms with Gasteiger partial charge in [0, 0.05) is 5.75 Å². The first-order chi connectivity index (χ1) is 13.3. The van der Waals surface area contributed by atoms with Crippen LogP contribution in [-0.2, 0) is 4.79 Å². The highest BCUT2D eigenvalue weighted by Gasteiger charge is 2.32. The zero-order valence-electron chi connectivity index (χ0n) is 17.3. The van der Waals surface area contributed by atoms with E-state index < -0.39 is 0 Å². The Morgan fingerprint density at radius 3 is 2.21 bits per heavy atom. The van der Waals surface area contributed by atoms with Crippen molar-refractivity contribution in [3.8, 4) is 0 Å². The average molecular weight is 393 g/mol. The summed E-state index contributed by atoms with van der Waals surface area (Å²) in [6, 6.07) is 16.4. The summed E-state index contributed by atoms with van der Waals surface area (Å²) in [5, 5.41) is 0.757. The minimum absolute atomic E-state index is 0.0666. The van der Waals surface area contributed by atoms with Crippen LogP contribution >= 0.6 is 11.8 Å². The molecular weight excluding hydrogens is 364 g/mol. The van der Waals surface area contributed by atoms with Gasteiger partial charge >= 0.3 is 0 Å². The summed E-state index contributed by atoms with van der Waals surface area (Å²) in [5.74, 6) is 1.87.